The van der Waals surface area contributed by atoms with Gasteiger partial charge >= 0.3 is 0 Å². The van der Waals surface area contributed by atoms with Gasteiger partial charge in [-0.25, -0.2) is 9.50 Å². The van der Waals surface area contributed by atoms with Gasteiger partial charge in [-0.3, -0.25) is 0 Å². The minimum Gasteiger partial charge on any atom is -0.328 e. The van der Waals surface area contributed by atoms with Gasteiger partial charge in [0.05, 0.1) is 0 Å². The summed E-state index contributed by atoms with van der Waals surface area (Å²) in [7, 11) is 0. The lowest BCUT2D eigenvalue weighted by Gasteiger charge is -2.04. The Hall–Kier alpha value is -1.42. The zero-order valence-corrected chi connectivity index (χ0v) is 10.0. The zero-order valence-electron chi connectivity index (χ0n) is 10.0. The molecule has 4 nitrogen and oxygen atoms in total. The van der Waals surface area contributed by atoms with Crippen LogP contribution in [0.25, 0.3) is 5.65 Å². The summed E-state index contributed by atoms with van der Waals surface area (Å²) in [4.78, 5) is 4.49. The summed E-state index contributed by atoms with van der Waals surface area (Å²) in [5, 5.41) is 4.41. The van der Waals surface area contributed by atoms with Crippen molar-refractivity contribution in [2.45, 2.75) is 39.2 Å². The van der Waals surface area contributed by atoms with Gasteiger partial charge in [-0.15, -0.1) is 0 Å². The van der Waals surface area contributed by atoms with Crippen LogP contribution in [0.4, 0.5) is 0 Å². The first-order chi connectivity index (χ1) is 7.56. The summed E-state index contributed by atoms with van der Waals surface area (Å²) >= 11 is 0. The minimum atomic E-state index is 0.176. The van der Waals surface area contributed by atoms with Crippen molar-refractivity contribution in [1.82, 2.24) is 14.6 Å². The molecule has 16 heavy (non-hydrogen) atoms. The van der Waals surface area contributed by atoms with E-state index in [1.165, 1.54) is 5.56 Å². The van der Waals surface area contributed by atoms with Crippen molar-refractivity contribution in [1.29, 1.82) is 0 Å². The lowest BCUT2D eigenvalue weighted by Crippen LogP contribution is -2.17. The molecular weight excluding hydrogens is 200 g/mol. The Morgan fingerprint density at radius 2 is 2.12 bits per heavy atom. The van der Waals surface area contributed by atoms with Crippen molar-refractivity contribution in [2.24, 2.45) is 5.73 Å². The second-order valence-corrected chi connectivity index (χ2v) is 4.64. The van der Waals surface area contributed by atoms with Crippen LogP contribution in [0.1, 0.15) is 38.1 Å². The Bertz CT molecular complexity index is 485. The SMILES string of the molecule is CC(N)Cc1ccn2nc(C(C)C)nc2c1. The van der Waals surface area contributed by atoms with Gasteiger partial charge in [-0.05, 0) is 31.0 Å². The first-order valence-electron chi connectivity index (χ1n) is 5.67. The standard InChI is InChI=1S/C12H18N4/c1-8(2)12-14-11-7-10(6-9(3)13)4-5-16(11)15-12/h4-5,7-9H,6,13H2,1-3H3. The smallest absolute Gasteiger partial charge is 0.155 e. The Balaban J connectivity index is 2.38. The van der Waals surface area contributed by atoms with Crippen molar-refractivity contribution in [3.05, 3.63) is 29.7 Å². The Kier molecular flexibility index (Phi) is 2.92. The predicted molar refractivity (Wildman–Crippen MR) is 64.4 cm³/mol. The van der Waals surface area contributed by atoms with Gasteiger partial charge in [-0.1, -0.05) is 13.8 Å². The highest BCUT2D eigenvalue weighted by atomic mass is 15.3. The molecule has 0 fully saturated rings. The molecule has 0 aliphatic carbocycles. The van der Waals surface area contributed by atoms with Crippen LogP contribution in [0, 0.1) is 0 Å². The zero-order chi connectivity index (χ0) is 11.7. The van der Waals surface area contributed by atoms with Crippen molar-refractivity contribution in [2.75, 3.05) is 0 Å². The average molecular weight is 218 g/mol. The Morgan fingerprint density at radius 3 is 2.75 bits per heavy atom. The van der Waals surface area contributed by atoms with Gasteiger partial charge in [0.1, 0.15) is 0 Å². The molecule has 2 heterocycles. The van der Waals surface area contributed by atoms with E-state index in [1.807, 2.05) is 17.6 Å². The molecule has 0 bridgehead atoms. The molecule has 4 heteroatoms. The van der Waals surface area contributed by atoms with E-state index in [9.17, 15) is 0 Å². The molecule has 0 aromatic carbocycles. The number of nitrogens with zero attached hydrogens (tertiary/aromatic N) is 3. The van der Waals surface area contributed by atoms with Crippen LogP contribution in [-0.4, -0.2) is 20.6 Å². The minimum absolute atomic E-state index is 0.176. The largest absolute Gasteiger partial charge is 0.328 e. The molecule has 0 saturated carbocycles. The number of aromatic nitrogens is 3. The van der Waals surface area contributed by atoms with Gasteiger partial charge in [-0.2, -0.15) is 5.10 Å². The first kappa shape index (κ1) is 11.1. The number of hydrogen-bond donors (Lipinski definition) is 1. The second kappa shape index (κ2) is 4.22. The summed E-state index contributed by atoms with van der Waals surface area (Å²) in [5.41, 5.74) is 7.90. The van der Waals surface area contributed by atoms with E-state index in [2.05, 4.69) is 36.1 Å². The van der Waals surface area contributed by atoms with E-state index in [4.69, 9.17) is 5.73 Å². The maximum atomic E-state index is 5.78. The second-order valence-electron chi connectivity index (χ2n) is 4.64. The molecule has 1 unspecified atom stereocenters. The van der Waals surface area contributed by atoms with E-state index in [0.717, 1.165) is 17.9 Å². The summed E-state index contributed by atoms with van der Waals surface area (Å²) in [6.45, 7) is 6.20. The van der Waals surface area contributed by atoms with Crippen molar-refractivity contribution in [3.63, 3.8) is 0 Å². The van der Waals surface area contributed by atoms with Crippen LogP contribution in [0.5, 0.6) is 0 Å². The highest BCUT2D eigenvalue weighted by molar-refractivity contribution is 5.41. The van der Waals surface area contributed by atoms with Gasteiger partial charge < -0.3 is 5.73 Å². The monoisotopic (exact) mass is 218 g/mol. The van der Waals surface area contributed by atoms with Gasteiger partial charge in [0, 0.05) is 18.2 Å². The lowest BCUT2D eigenvalue weighted by atomic mass is 10.1. The number of pyridine rings is 1. The summed E-state index contributed by atoms with van der Waals surface area (Å²) < 4.78 is 1.82. The van der Waals surface area contributed by atoms with Gasteiger partial charge in [0.25, 0.3) is 0 Å². The molecule has 2 N–H and O–H groups in total. The number of nitrogens with two attached hydrogens (primary N) is 1. The number of fused-ring (bicyclic) bond motifs is 1. The Morgan fingerprint density at radius 1 is 1.38 bits per heavy atom. The highest BCUT2D eigenvalue weighted by Crippen LogP contribution is 2.12. The quantitative estimate of drug-likeness (QED) is 0.853. The van der Waals surface area contributed by atoms with Crippen LogP contribution in [0.15, 0.2) is 18.3 Å². The van der Waals surface area contributed by atoms with Crippen LogP contribution in [-0.2, 0) is 6.42 Å². The summed E-state index contributed by atoms with van der Waals surface area (Å²) in [6, 6.07) is 4.28. The maximum Gasteiger partial charge on any atom is 0.155 e. The number of rotatable bonds is 3. The normalized spacial score (nSPS) is 13.6. The van der Waals surface area contributed by atoms with E-state index in [0.29, 0.717) is 5.92 Å². The maximum absolute atomic E-state index is 5.78. The first-order valence-corrected chi connectivity index (χ1v) is 5.67. The molecular formula is C12H18N4. The van der Waals surface area contributed by atoms with Crippen LogP contribution >= 0.6 is 0 Å². The van der Waals surface area contributed by atoms with Crippen LogP contribution in [0.3, 0.4) is 0 Å². The van der Waals surface area contributed by atoms with Crippen molar-refractivity contribution < 1.29 is 0 Å². The van der Waals surface area contributed by atoms with Crippen LogP contribution < -0.4 is 5.73 Å². The fraction of sp³-hybridized carbons (Fsp3) is 0.500. The van der Waals surface area contributed by atoms with E-state index < -0.39 is 0 Å². The predicted octanol–water partition coefficient (Wildman–Crippen LogP) is 1.74. The molecule has 0 saturated heterocycles. The highest BCUT2D eigenvalue weighted by Gasteiger charge is 2.08. The van der Waals surface area contributed by atoms with Gasteiger partial charge in [0.15, 0.2) is 11.5 Å². The molecule has 0 aliphatic heterocycles. The molecule has 0 aliphatic rings. The molecule has 0 amide bonds. The third-order valence-corrected chi connectivity index (χ3v) is 2.49. The Labute approximate surface area is 95.5 Å². The van der Waals surface area contributed by atoms with Crippen molar-refractivity contribution in [3.8, 4) is 0 Å². The third kappa shape index (κ3) is 2.22. The molecule has 2 aromatic heterocycles. The average Bonchev–Trinajstić information content (AvgIpc) is 2.59. The molecule has 2 aromatic rings. The van der Waals surface area contributed by atoms with Gasteiger partial charge in [0.2, 0.25) is 0 Å². The van der Waals surface area contributed by atoms with E-state index in [1.54, 1.807) is 0 Å². The third-order valence-electron chi connectivity index (χ3n) is 2.49. The summed E-state index contributed by atoms with van der Waals surface area (Å²) in [5.74, 6) is 1.25. The van der Waals surface area contributed by atoms with E-state index in [-0.39, 0.29) is 6.04 Å². The molecule has 86 valence electrons. The molecule has 2 rings (SSSR count). The van der Waals surface area contributed by atoms with Crippen molar-refractivity contribution >= 4 is 5.65 Å². The van der Waals surface area contributed by atoms with Crippen LogP contribution in [0.2, 0.25) is 0 Å². The lowest BCUT2D eigenvalue weighted by molar-refractivity contribution is 0.735. The molecule has 0 radical (unpaired) electrons. The van der Waals surface area contributed by atoms with E-state index >= 15 is 0 Å². The molecule has 0 spiro atoms. The molecule has 1 atom stereocenters. The fourth-order valence-corrected chi connectivity index (χ4v) is 1.68. The number of hydrogen-bond acceptors (Lipinski definition) is 3. The fourth-order valence-electron chi connectivity index (χ4n) is 1.68. The summed E-state index contributed by atoms with van der Waals surface area (Å²) in [6.07, 6.45) is 2.83. The topological polar surface area (TPSA) is 56.2 Å².